The van der Waals surface area contributed by atoms with Crippen molar-refractivity contribution >= 4 is 72.6 Å². The molecule has 0 saturated heterocycles. The maximum Gasteiger partial charge on any atom is 0.269 e. The van der Waals surface area contributed by atoms with Gasteiger partial charge in [-0.3, -0.25) is 19.9 Å². The predicted octanol–water partition coefficient (Wildman–Crippen LogP) is 6.54. The van der Waals surface area contributed by atoms with E-state index in [0.717, 1.165) is 5.56 Å². The summed E-state index contributed by atoms with van der Waals surface area (Å²) in [6.45, 7) is -0.184. The first-order valence-electron chi connectivity index (χ1n) is 8.77. The van der Waals surface area contributed by atoms with E-state index in [-0.39, 0.29) is 18.2 Å². The Kier molecular flexibility index (Phi) is 7.78. The van der Waals surface area contributed by atoms with Crippen molar-refractivity contribution < 1.29 is 14.5 Å². The fourth-order valence-corrected chi connectivity index (χ4v) is 4.05. The third-order valence-electron chi connectivity index (χ3n) is 3.92. The second kappa shape index (κ2) is 10.5. The Labute approximate surface area is 199 Å². The number of nitrogens with one attached hydrogen (secondary N) is 1. The summed E-state index contributed by atoms with van der Waals surface area (Å²) < 4.78 is 6.90. The maximum atomic E-state index is 12.1. The molecule has 0 saturated carbocycles. The average molecular weight is 568 g/mol. The van der Waals surface area contributed by atoms with Crippen molar-refractivity contribution in [1.29, 1.82) is 0 Å². The number of aliphatic imine (C=N–C) groups is 1. The zero-order valence-electron chi connectivity index (χ0n) is 15.7. The van der Waals surface area contributed by atoms with Crippen LogP contribution in [0.15, 0.2) is 74.6 Å². The molecule has 1 N–H and O–H groups in total. The number of nitro groups is 1. The van der Waals surface area contributed by atoms with Crippen molar-refractivity contribution in [3.63, 3.8) is 0 Å². The number of benzene rings is 3. The predicted molar refractivity (Wildman–Crippen MR) is 128 cm³/mol. The molecular formula is C21H14Br2ClN3O4. The first-order chi connectivity index (χ1) is 14.8. The number of halogens is 3. The highest BCUT2D eigenvalue weighted by molar-refractivity contribution is 9.11. The van der Waals surface area contributed by atoms with Crippen molar-refractivity contribution in [2.24, 2.45) is 4.99 Å². The van der Waals surface area contributed by atoms with Crippen LogP contribution in [-0.2, 0) is 4.79 Å². The van der Waals surface area contributed by atoms with Gasteiger partial charge >= 0.3 is 0 Å². The number of hydrogen-bond acceptors (Lipinski definition) is 5. The second-order valence-corrected chi connectivity index (χ2v) is 8.33. The highest BCUT2D eigenvalue weighted by Gasteiger charge is 2.11. The Hall–Kier alpha value is -2.75. The lowest BCUT2D eigenvalue weighted by Crippen LogP contribution is -2.20. The molecule has 0 aromatic heterocycles. The summed E-state index contributed by atoms with van der Waals surface area (Å²) >= 11 is 12.7. The van der Waals surface area contributed by atoms with E-state index in [1.54, 1.807) is 54.7 Å². The van der Waals surface area contributed by atoms with E-state index in [4.69, 9.17) is 16.3 Å². The number of anilines is 1. The van der Waals surface area contributed by atoms with Gasteiger partial charge in [0.1, 0.15) is 5.75 Å². The molecule has 0 fully saturated rings. The summed E-state index contributed by atoms with van der Waals surface area (Å²) in [7, 11) is 0. The van der Waals surface area contributed by atoms with Crippen LogP contribution in [-0.4, -0.2) is 23.7 Å². The first-order valence-corrected chi connectivity index (χ1v) is 10.7. The van der Waals surface area contributed by atoms with E-state index in [0.29, 0.717) is 31.1 Å². The highest BCUT2D eigenvalue weighted by Crippen LogP contribution is 2.34. The number of amides is 1. The molecule has 7 nitrogen and oxygen atoms in total. The summed E-state index contributed by atoms with van der Waals surface area (Å²) in [5.41, 5.74) is 1.96. The maximum absolute atomic E-state index is 12.1. The van der Waals surface area contributed by atoms with Gasteiger partial charge in [-0.15, -0.1) is 0 Å². The summed E-state index contributed by atoms with van der Waals surface area (Å²) in [5, 5.41) is 14.0. The Balaban J connectivity index is 1.63. The molecule has 3 aromatic carbocycles. The summed E-state index contributed by atoms with van der Waals surface area (Å²) in [4.78, 5) is 26.7. The molecule has 0 heterocycles. The van der Waals surface area contributed by atoms with Crippen molar-refractivity contribution in [2.45, 2.75) is 0 Å². The summed E-state index contributed by atoms with van der Waals surface area (Å²) in [6.07, 6.45) is 1.62. The topological polar surface area (TPSA) is 93.8 Å². The zero-order valence-corrected chi connectivity index (χ0v) is 19.6. The molecular weight excluding hydrogens is 554 g/mol. The van der Waals surface area contributed by atoms with E-state index < -0.39 is 4.92 Å². The van der Waals surface area contributed by atoms with Crippen molar-refractivity contribution in [1.82, 2.24) is 0 Å². The van der Waals surface area contributed by atoms with Gasteiger partial charge in [0.25, 0.3) is 11.6 Å². The number of non-ortho nitro benzene ring substituents is 1. The largest absolute Gasteiger partial charge is 0.481 e. The fourth-order valence-electron chi connectivity index (χ4n) is 2.47. The minimum atomic E-state index is -0.462. The molecule has 0 unspecified atom stereocenters. The second-order valence-electron chi connectivity index (χ2n) is 6.19. The third-order valence-corrected chi connectivity index (χ3v) is 5.35. The van der Waals surface area contributed by atoms with E-state index in [2.05, 4.69) is 42.2 Å². The normalized spacial score (nSPS) is 10.8. The molecule has 1 amide bonds. The molecule has 31 heavy (non-hydrogen) atoms. The number of ether oxygens (including phenoxy) is 1. The van der Waals surface area contributed by atoms with Gasteiger partial charge in [0.2, 0.25) is 0 Å². The Bertz CT molecular complexity index is 1110. The van der Waals surface area contributed by atoms with Crippen LogP contribution < -0.4 is 10.1 Å². The minimum absolute atomic E-state index is 0.00559. The lowest BCUT2D eigenvalue weighted by atomic mass is 10.2. The van der Waals surface area contributed by atoms with E-state index in [1.165, 1.54) is 12.1 Å². The SMILES string of the molecule is O=C(COc1c(Br)cc(C=Nc2ccc([N+](=O)[O-])cc2)cc1Br)Nc1ccc(Cl)cc1. The summed E-state index contributed by atoms with van der Waals surface area (Å²) in [5.74, 6) is 0.156. The standard InChI is InChI=1S/C21H14Br2ClN3O4/c22-18-9-13(11-25-15-5-7-17(8-6-15)27(29)30)10-19(23)21(18)31-12-20(28)26-16-3-1-14(24)2-4-16/h1-11H,12H2,(H,26,28). The first kappa shape index (κ1) is 22.9. The van der Waals surface area contributed by atoms with E-state index in [9.17, 15) is 14.9 Å². The number of rotatable bonds is 7. The summed E-state index contributed by atoms with van der Waals surface area (Å²) in [6, 6.07) is 16.2. The van der Waals surface area contributed by atoms with Crippen LogP contribution in [0.5, 0.6) is 5.75 Å². The van der Waals surface area contributed by atoms with Gasteiger partial charge in [-0.25, -0.2) is 0 Å². The van der Waals surface area contributed by atoms with Gasteiger partial charge < -0.3 is 10.1 Å². The van der Waals surface area contributed by atoms with E-state index in [1.807, 2.05) is 0 Å². The number of carbonyl (C=O) groups excluding carboxylic acids is 1. The number of hydrogen-bond donors (Lipinski definition) is 1. The number of nitrogens with zero attached hydrogens (tertiary/aromatic N) is 2. The van der Waals surface area contributed by atoms with Gasteiger partial charge in [0.15, 0.2) is 6.61 Å². The quantitative estimate of drug-likeness (QED) is 0.199. The van der Waals surface area contributed by atoms with Crippen molar-refractivity contribution in [2.75, 3.05) is 11.9 Å². The monoisotopic (exact) mass is 565 g/mol. The third kappa shape index (κ3) is 6.61. The minimum Gasteiger partial charge on any atom is -0.481 e. The molecule has 0 atom stereocenters. The number of carbonyl (C=O) groups is 1. The molecule has 158 valence electrons. The fraction of sp³-hybridized carbons (Fsp3) is 0.0476. The van der Waals surface area contributed by atoms with Crippen LogP contribution in [0.4, 0.5) is 17.1 Å². The van der Waals surface area contributed by atoms with Crippen molar-refractivity contribution in [3.8, 4) is 5.75 Å². The lowest BCUT2D eigenvalue weighted by Gasteiger charge is -2.11. The zero-order chi connectivity index (χ0) is 22.4. The number of nitro benzene ring substituents is 1. The average Bonchev–Trinajstić information content (AvgIpc) is 2.73. The van der Waals surface area contributed by atoms with Crippen LogP contribution in [0.3, 0.4) is 0 Å². The molecule has 0 radical (unpaired) electrons. The molecule has 0 spiro atoms. The van der Waals surface area contributed by atoms with Crippen molar-refractivity contribution in [3.05, 3.63) is 90.3 Å². The van der Waals surface area contributed by atoms with Crippen LogP contribution in [0.2, 0.25) is 5.02 Å². The van der Waals surface area contributed by atoms with Gasteiger partial charge in [-0.05, 0) is 86.0 Å². The molecule has 0 bridgehead atoms. The highest BCUT2D eigenvalue weighted by atomic mass is 79.9. The smallest absolute Gasteiger partial charge is 0.269 e. The molecule has 3 aromatic rings. The Morgan fingerprint density at radius 1 is 1.10 bits per heavy atom. The Morgan fingerprint density at radius 2 is 1.71 bits per heavy atom. The van der Waals surface area contributed by atoms with Gasteiger partial charge in [0, 0.05) is 29.1 Å². The van der Waals surface area contributed by atoms with Crippen LogP contribution in [0.1, 0.15) is 5.56 Å². The molecule has 0 aliphatic rings. The van der Waals surface area contributed by atoms with Crippen LogP contribution >= 0.6 is 43.5 Å². The van der Waals surface area contributed by atoms with Crippen LogP contribution in [0.25, 0.3) is 0 Å². The van der Waals surface area contributed by atoms with Gasteiger partial charge in [-0.1, -0.05) is 11.6 Å². The van der Waals surface area contributed by atoms with Gasteiger partial charge in [0.05, 0.1) is 19.6 Å². The lowest BCUT2D eigenvalue weighted by molar-refractivity contribution is -0.384. The molecule has 10 heteroatoms. The molecule has 3 rings (SSSR count). The van der Waals surface area contributed by atoms with Gasteiger partial charge in [-0.2, -0.15) is 0 Å². The Morgan fingerprint density at radius 3 is 2.29 bits per heavy atom. The molecule has 0 aliphatic carbocycles. The van der Waals surface area contributed by atoms with E-state index >= 15 is 0 Å². The van der Waals surface area contributed by atoms with Crippen LogP contribution in [0, 0.1) is 10.1 Å². The molecule has 0 aliphatic heterocycles.